The van der Waals surface area contributed by atoms with Crippen LogP contribution in [0.3, 0.4) is 0 Å². The van der Waals surface area contributed by atoms with Crippen molar-refractivity contribution in [1.29, 1.82) is 0 Å². The molecule has 0 aliphatic heterocycles. The molecular weight excluding hydrogens is 372 g/mol. The fraction of sp³-hybridized carbons (Fsp3) is 0.278. The molecule has 0 saturated heterocycles. The largest absolute Gasteiger partial charge is 0.346 e. The third-order valence-corrected chi connectivity index (χ3v) is 5.05. The number of benzene rings is 1. The van der Waals surface area contributed by atoms with Gasteiger partial charge in [-0.05, 0) is 42.6 Å². The van der Waals surface area contributed by atoms with E-state index in [0.29, 0.717) is 36.4 Å². The van der Waals surface area contributed by atoms with Crippen molar-refractivity contribution in [3.63, 3.8) is 0 Å². The highest BCUT2D eigenvalue weighted by molar-refractivity contribution is 7.09. The lowest BCUT2D eigenvalue weighted by Gasteiger charge is -2.14. The number of aromatic nitrogens is 2. The van der Waals surface area contributed by atoms with Crippen LogP contribution in [-0.4, -0.2) is 29.1 Å². The highest BCUT2D eigenvalue weighted by Gasteiger charge is 2.17. The molecule has 3 rings (SSSR count). The van der Waals surface area contributed by atoms with Gasteiger partial charge in [-0.25, -0.2) is 0 Å². The van der Waals surface area contributed by atoms with Crippen LogP contribution in [0.15, 0.2) is 46.3 Å². The predicted octanol–water partition coefficient (Wildman–Crippen LogP) is 2.17. The third kappa shape index (κ3) is 5.14. The number of carbonyl (C=O) groups excluding carboxylic acids is 1. The smallest absolute Gasteiger partial charge is 0.282 e. The second-order valence-electron chi connectivity index (χ2n) is 5.83. The maximum atomic E-state index is 12.1. The molecule has 8 heteroatoms. The molecule has 1 unspecified atom stereocenters. The summed E-state index contributed by atoms with van der Waals surface area (Å²) >= 11 is 7.52. The normalized spacial score (nSPS) is 12.1. The minimum atomic E-state index is 0.00712. The summed E-state index contributed by atoms with van der Waals surface area (Å²) in [6.07, 6.45) is 0. The van der Waals surface area contributed by atoms with Crippen LogP contribution < -0.4 is 10.2 Å². The molecule has 0 aliphatic rings. The molecule has 0 bridgehead atoms. The van der Waals surface area contributed by atoms with E-state index in [1.807, 2.05) is 36.6 Å². The fourth-order valence-electron chi connectivity index (χ4n) is 2.46. The first-order valence-corrected chi connectivity index (χ1v) is 9.61. The van der Waals surface area contributed by atoms with Crippen LogP contribution >= 0.6 is 22.9 Å². The lowest BCUT2D eigenvalue weighted by Crippen LogP contribution is -3.11. The molecular formula is C18H20ClN4O2S+. The second-order valence-corrected chi connectivity index (χ2v) is 7.30. The minimum absolute atomic E-state index is 0.00712. The first-order chi connectivity index (χ1) is 12.6. The van der Waals surface area contributed by atoms with Crippen molar-refractivity contribution in [2.45, 2.75) is 20.0 Å². The summed E-state index contributed by atoms with van der Waals surface area (Å²) in [4.78, 5) is 18.8. The maximum Gasteiger partial charge on any atom is 0.282 e. The lowest BCUT2D eigenvalue weighted by atomic mass is 10.2. The molecule has 0 fully saturated rings. The van der Waals surface area contributed by atoms with Gasteiger partial charge in [0, 0.05) is 15.5 Å². The Morgan fingerprint density at radius 2 is 2.12 bits per heavy atom. The molecule has 1 atom stereocenters. The van der Waals surface area contributed by atoms with E-state index in [1.54, 1.807) is 23.5 Å². The zero-order valence-electron chi connectivity index (χ0n) is 14.4. The molecule has 26 heavy (non-hydrogen) atoms. The van der Waals surface area contributed by atoms with E-state index in [9.17, 15) is 4.79 Å². The van der Waals surface area contributed by atoms with E-state index in [-0.39, 0.29) is 5.91 Å². The molecule has 1 aromatic carbocycles. The van der Waals surface area contributed by atoms with Crippen molar-refractivity contribution in [1.82, 2.24) is 15.5 Å². The molecule has 3 aromatic rings. The fourth-order valence-corrected chi connectivity index (χ4v) is 3.23. The van der Waals surface area contributed by atoms with Gasteiger partial charge in [-0.3, -0.25) is 4.79 Å². The molecule has 2 N–H and O–H groups in total. The average Bonchev–Trinajstić information content (AvgIpc) is 3.32. The number of quaternary nitrogens is 1. The molecule has 0 spiro atoms. The maximum absolute atomic E-state index is 12.1. The Hall–Kier alpha value is -2.22. The van der Waals surface area contributed by atoms with Gasteiger partial charge in [-0.1, -0.05) is 22.8 Å². The summed E-state index contributed by atoms with van der Waals surface area (Å²) in [6, 6.07) is 11.2. The van der Waals surface area contributed by atoms with Crippen LogP contribution in [0.2, 0.25) is 5.02 Å². The summed E-state index contributed by atoms with van der Waals surface area (Å²) in [5.41, 5.74) is 0.844. The number of likely N-dealkylation sites (N-methyl/N-ethyl adjacent to an activating group) is 1. The third-order valence-electron chi connectivity index (χ3n) is 3.92. The van der Waals surface area contributed by atoms with Crippen LogP contribution in [0.4, 0.5) is 0 Å². The van der Waals surface area contributed by atoms with Crippen LogP contribution in [0.1, 0.15) is 17.7 Å². The van der Waals surface area contributed by atoms with E-state index in [2.05, 4.69) is 15.5 Å². The van der Waals surface area contributed by atoms with Crippen molar-refractivity contribution >= 4 is 28.8 Å². The van der Waals surface area contributed by atoms with Gasteiger partial charge in [0.15, 0.2) is 13.1 Å². The Morgan fingerprint density at radius 3 is 2.81 bits per heavy atom. The summed E-state index contributed by atoms with van der Waals surface area (Å²) in [5, 5.41) is 9.61. The van der Waals surface area contributed by atoms with Gasteiger partial charge in [0.1, 0.15) is 0 Å². The first-order valence-electron chi connectivity index (χ1n) is 8.35. The van der Waals surface area contributed by atoms with Crippen molar-refractivity contribution in [2.24, 2.45) is 0 Å². The Morgan fingerprint density at radius 1 is 1.31 bits per heavy atom. The van der Waals surface area contributed by atoms with Gasteiger partial charge >= 0.3 is 0 Å². The summed E-state index contributed by atoms with van der Waals surface area (Å²) in [5.74, 6) is 1.04. The van der Waals surface area contributed by atoms with E-state index >= 15 is 0 Å². The summed E-state index contributed by atoms with van der Waals surface area (Å²) in [6.45, 7) is 4.24. The molecule has 1 amide bonds. The second kappa shape index (κ2) is 8.93. The predicted molar refractivity (Wildman–Crippen MR) is 101 cm³/mol. The van der Waals surface area contributed by atoms with Gasteiger partial charge in [0.25, 0.3) is 11.8 Å². The van der Waals surface area contributed by atoms with E-state index in [4.69, 9.17) is 16.1 Å². The van der Waals surface area contributed by atoms with E-state index in [1.165, 1.54) is 0 Å². The van der Waals surface area contributed by atoms with Gasteiger partial charge in [-0.15, -0.1) is 11.3 Å². The van der Waals surface area contributed by atoms with E-state index < -0.39 is 0 Å². The monoisotopic (exact) mass is 391 g/mol. The number of hydrogen-bond donors (Lipinski definition) is 2. The molecule has 0 saturated carbocycles. The Balaban J connectivity index is 1.54. The molecule has 6 nitrogen and oxygen atoms in total. The highest BCUT2D eigenvalue weighted by Crippen LogP contribution is 2.18. The summed E-state index contributed by atoms with van der Waals surface area (Å²) in [7, 11) is 0. The number of nitrogens with one attached hydrogen (secondary N) is 2. The minimum Gasteiger partial charge on any atom is -0.346 e. The summed E-state index contributed by atoms with van der Waals surface area (Å²) < 4.78 is 5.34. The molecule has 136 valence electrons. The Labute approximate surface area is 160 Å². The van der Waals surface area contributed by atoms with Crippen LogP contribution in [0.25, 0.3) is 11.4 Å². The standard InChI is InChI=1S/C18H19ClN4O2S/c1-2-23(11-16(24)20-10-15-4-3-9-26-15)12-17-21-18(22-25-17)13-5-7-14(19)8-6-13/h3-9H,2,10-12H2,1H3,(H,20,24)/p+1. The molecule has 0 aliphatic carbocycles. The number of carbonyl (C=O) groups is 1. The molecule has 2 heterocycles. The van der Waals surface area contributed by atoms with Crippen LogP contribution in [0, 0.1) is 0 Å². The molecule has 0 radical (unpaired) electrons. The van der Waals surface area contributed by atoms with Crippen molar-refractivity contribution in [2.75, 3.05) is 13.1 Å². The Kier molecular flexibility index (Phi) is 6.38. The number of amides is 1. The molecule has 2 aromatic heterocycles. The quantitative estimate of drug-likeness (QED) is 0.617. The number of thiophene rings is 1. The topological polar surface area (TPSA) is 72.5 Å². The highest BCUT2D eigenvalue weighted by atomic mass is 35.5. The van der Waals surface area contributed by atoms with Crippen molar-refractivity contribution in [3.05, 3.63) is 57.6 Å². The number of halogens is 1. The van der Waals surface area contributed by atoms with Gasteiger partial charge in [0.05, 0.1) is 13.1 Å². The van der Waals surface area contributed by atoms with Gasteiger partial charge in [-0.2, -0.15) is 4.98 Å². The zero-order valence-corrected chi connectivity index (χ0v) is 15.9. The van der Waals surface area contributed by atoms with Gasteiger partial charge in [0.2, 0.25) is 5.82 Å². The number of nitrogens with zero attached hydrogens (tertiary/aromatic N) is 2. The van der Waals surface area contributed by atoms with Crippen LogP contribution in [0.5, 0.6) is 0 Å². The number of hydrogen-bond acceptors (Lipinski definition) is 5. The Bertz CT molecular complexity index is 833. The van der Waals surface area contributed by atoms with Gasteiger partial charge < -0.3 is 14.7 Å². The average molecular weight is 392 g/mol. The number of rotatable bonds is 8. The van der Waals surface area contributed by atoms with Crippen LogP contribution in [-0.2, 0) is 17.9 Å². The van der Waals surface area contributed by atoms with E-state index in [0.717, 1.165) is 21.9 Å². The lowest BCUT2D eigenvalue weighted by molar-refractivity contribution is -0.905. The van der Waals surface area contributed by atoms with Crippen molar-refractivity contribution in [3.8, 4) is 11.4 Å². The zero-order chi connectivity index (χ0) is 18.4. The van der Waals surface area contributed by atoms with Crippen molar-refractivity contribution < 1.29 is 14.2 Å². The SMILES string of the molecule is CC[NH+](CC(=O)NCc1cccs1)Cc1nc(-c2ccc(Cl)cc2)no1. The first kappa shape index (κ1) is 18.6.